The molecule has 0 bridgehead atoms. The number of rotatable bonds is 1. The Morgan fingerprint density at radius 1 is 1.38 bits per heavy atom. The molecule has 0 saturated carbocycles. The zero-order valence-electron chi connectivity index (χ0n) is 13.5. The summed E-state index contributed by atoms with van der Waals surface area (Å²) < 4.78 is 5.19. The maximum absolute atomic E-state index is 12.0. The van der Waals surface area contributed by atoms with E-state index in [0.29, 0.717) is 12.5 Å². The lowest BCUT2D eigenvalue weighted by atomic mass is 9.90. The van der Waals surface area contributed by atoms with Crippen molar-refractivity contribution in [3.8, 4) is 0 Å². The second-order valence-corrected chi connectivity index (χ2v) is 8.23. The summed E-state index contributed by atoms with van der Waals surface area (Å²) in [6.45, 7) is 10.9. The van der Waals surface area contributed by atoms with Crippen molar-refractivity contribution in [3.05, 3.63) is 20.9 Å². The van der Waals surface area contributed by atoms with E-state index in [1.165, 1.54) is 17.7 Å². The third-order valence-corrected chi connectivity index (χ3v) is 6.27. The molecule has 1 aliphatic carbocycles. The van der Waals surface area contributed by atoms with Crippen LogP contribution in [0.15, 0.2) is 0 Å². The van der Waals surface area contributed by atoms with Gasteiger partial charge in [-0.15, -0.1) is 11.3 Å². The van der Waals surface area contributed by atoms with Crippen molar-refractivity contribution in [2.45, 2.75) is 58.3 Å². The quantitative estimate of drug-likeness (QED) is 0.782. The minimum atomic E-state index is -0.142. The van der Waals surface area contributed by atoms with Crippen LogP contribution in [0.2, 0.25) is 0 Å². The van der Waals surface area contributed by atoms with Crippen LogP contribution in [-0.2, 0) is 23.0 Å². The zero-order chi connectivity index (χ0) is 15.2. The summed E-state index contributed by atoms with van der Waals surface area (Å²) in [5, 5.41) is 0. The molecule has 116 valence electrons. The Labute approximate surface area is 131 Å². The highest BCUT2D eigenvalue weighted by molar-refractivity contribution is 7.12. The molecule has 1 aromatic rings. The van der Waals surface area contributed by atoms with Crippen molar-refractivity contribution in [1.29, 1.82) is 0 Å². The molecular formula is C17H25NO2S. The number of ether oxygens (including phenoxy) is 1. The fourth-order valence-corrected chi connectivity index (χ4v) is 5.14. The molecule has 3 rings (SSSR count). The summed E-state index contributed by atoms with van der Waals surface area (Å²) in [5.41, 5.74) is 3.41. The van der Waals surface area contributed by atoms with Gasteiger partial charge in [-0.2, -0.15) is 0 Å². The van der Waals surface area contributed by atoms with Gasteiger partial charge in [0.15, 0.2) is 0 Å². The van der Waals surface area contributed by atoms with E-state index in [2.05, 4.69) is 20.8 Å². The zero-order valence-corrected chi connectivity index (χ0v) is 14.3. The number of nitrogens with zero attached hydrogens (tertiary/aromatic N) is 1. The maximum atomic E-state index is 12.0. The van der Waals surface area contributed by atoms with Crippen LogP contribution >= 0.6 is 11.3 Å². The van der Waals surface area contributed by atoms with E-state index in [0.717, 1.165) is 19.5 Å². The first-order valence-electron chi connectivity index (χ1n) is 7.98. The minimum Gasteiger partial charge on any atom is -0.450 e. The van der Waals surface area contributed by atoms with Crippen LogP contribution in [0, 0.1) is 0 Å². The van der Waals surface area contributed by atoms with Gasteiger partial charge in [-0.25, -0.2) is 4.79 Å². The maximum Gasteiger partial charge on any atom is 0.409 e. The molecule has 1 aromatic heterocycles. The van der Waals surface area contributed by atoms with E-state index in [1.54, 1.807) is 16.0 Å². The van der Waals surface area contributed by atoms with Crippen LogP contribution in [0.4, 0.5) is 4.79 Å². The molecule has 0 saturated heterocycles. The van der Waals surface area contributed by atoms with E-state index < -0.39 is 0 Å². The number of hydrogen-bond acceptors (Lipinski definition) is 3. The Hall–Kier alpha value is -1.03. The molecule has 1 unspecified atom stereocenters. The van der Waals surface area contributed by atoms with Crippen molar-refractivity contribution >= 4 is 17.4 Å². The average Bonchev–Trinajstić information content (AvgIpc) is 2.89. The van der Waals surface area contributed by atoms with Gasteiger partial charge in [-0.05, 0) is 42.7 Å². The number of amides is 1. The average molecular weight is 307 g/mol. The summed E-state index contributed by atoms with van der Waals surface area (Å²) >= 11 is 1.99. The third kappa shape index (κ3) is 2.59. The number of carbonyl (C=O) groups excluding carboxylic acids is 1. The Kier molecular flexibility index (Phi) is 3.76. The first-order chi connectivity index (χ1) is 9.91. The van der Waals surface area contributed by atoms with E-state index in [-0.39, 0.29) is 11.5 Å². The molecule has 0 spiro atoms. The second kappa shape index (κ2) is 5.31. The topological polar surface area (TPSA) is 29.5 Å². The standard InChI is InChI=1S/C17H25NO2S/c1-5-20-16(19)18-9-8-13-14-11(10-18)6-7-12(14)15(21-13)17(2,3)4/h11H,5-10H2,1-4H3. The molecule has 0 radical (unpaired) electrons. The van der Waals surface area contributed by atoms with Crippen molar-refractivity contribution in [1.82, 2.24) is 4.90 Å². The van der Waals surface area contributed by atoms with Crippen LogP contribution < -0.4 is 0 Å². The van der Waals surface area contributed by atoms with Gasteiger partial charge < -0.3 is 9.64 Å². The van der Waals surface area contributed by atoms with Crippen LogP contribution in [-0.4, -0.2) is 30.7 Å². The van der Waals surface area contributed by atoms with Gasteiger partial charge in [0.1, 0.15) is 0 Å². The van der Waals surface area contributed by atoms with Gasteiger partial charge in [-0.3, -0.25) is 0 Å². The summed E-state index contributed by atoms with van der Waals surface area (Å²) in [7, 11) is 0. The normalized spacial score (nSPS) is 21.1. The highest BCUT2D eigenvalue weighted by atomic mass is 32.1. The predicted octanol–water partition coefficient (Wildman–Crippen LogP) is 4.09. The van der Waals surface area contributed by atoms with Crippen LogP contribution in [0.25, 0.3) is 0 Å². The van der Waals surface area contributed by atoms with Crippen LogP contribution in [0.1, 0.15) is 60.9 Å². The van der Waals surface area contributed by atoms with Gasteiger partial charge in [0, 0.05) is 28.8 Å². The van der Waals surface area contributed by atoms with E-state index in [4.69, 9.17) is 4.74 Å². The highest BCUT2D eigenvalue weighted by Crippen LogP contribution is 2.48. The Morgan fingerprint density at radius 3 is 2.81 bits per heavy atom. The molecule has 4 heteroatoms. The summed E-state index contributed by atoms with van der Waals surface area (Å²) in [5.74, 6) is 0.522. The smallest absolute Gasteiger partial charge is 0.409 e. The molecule has 0 fully saturated rings. The summed E-state index contributed by atoms with van der Waals surface area (Å²) in [4.78, 5) is 17.0. The van der Waals surface area contributed by atoms with Crippen molar-refractivity contribution in [2.75, 3.05) is 19.7 Å². The molecule has 2 heterocycles. The molecule has 0 aromatic carbocycles. The minimum absolute atomic E-state index is 0.142. The lowest BCUT2D eigenvalue weighted by Crippen LogP contribution is -2.34. The lowest BCUT2D eigenvalue weighted by molar-refractivity contribution is 0.106. The molecule has 3 nitrogen and oxygen atoms in total. The molecule has 1 atom stereocenters. The molecule has 2 aliphatic rings. The lowest BCUT2D eigenvalue weighted by Gasteiger charge is -2.22. The van der Waals surface area contributed by atoms with Gasteiger partial charge in [0.25, 0.3) is 0 Å². The van der Waals surface area contributed by atoms with Crippen molar-refractivity contribution in [2.24, 2.45) is 0 Å². The van der Waals surface area contributed by atoms with E-state index >= 15 is 0 Å². The van der Waals surface area contributed by atoms with E-state index in [9.17, 15) is 4.79 Å². The number of hydrogen-bond donors (Lipinski definition) is 0. The predicted molar refractivity (Wildman–Crippen MR) is 86.4 cm³/mol. The number of thiophene rings is 1. The molecule has 21 heavy (non-hydrogen) atoms. The first kappa shape index (κ1) is 14.9. The Morgan fingerprint density at radius 2 is 2.14 bits per heavy atom. The summed E-state index contributed by atoms with van der Waals surface area (Å²) in [6.07, 6.45) is 3.21. The molecular weight excluding hydrogens is 282 g/mol. The van der Waals surface area contributed by atoms with Crippen LogP contribution in [0.5, 0.6) is 0 Å². The monoisotopic (exact) mass is 307 g/mol. The van der Waals surface area contributed by atoms with Gasteiger partial charge >= 0.3 is 6.09 Å². The highest BCUT2D eigenvalue weighted by Gasteiger charge is 2.37. The third-order valence-electron chi connectivity index (χ3n) is 4.53. The Bertz CT molecular complexity index is 556. The van der Waals surface area contributed by atoms with Gasteiger partial charge in [0.2, 0.25) is 0 Å². The molecule has 1 aliphatic heterocycles. The molecule has 0 N–H and O–H groups in total. The Balaban J connectivity index is 1.89. The fraction of sp³-hybridized carbons (Fsp3) is 0.706. The molecule has 1 amide bonds. The van der Waals surface area contributed by atoms with E-state index in [1.807, 2.05) is 23.2 Å². The van der Waals surface area contributed by atoms with Gasteiger partial charge in [0.05, 0.1) is 6.61 Å². The summed E-state index contributed by atoms with van der Waals surface area (Å²) in [6, 6.07) is 0. The second-order valence-electron chi connectivity index (χ2n) is 7.13. The first-order valence-corrected chi connectivity index (χ1v) is 8.80. The SMILES string of the molecule is CCOC(=O)N1CCc2sc(C(C)(C)C)c3c2C(CC3)C1. The van der Waals surface area contributed by atoms with Crippen molar-refractivity contribution < 1.29 is 9.53 Å². The van der Waals surface area contributed by atoms with Crippen molar-refractivity contribution in [3.63, 3.8) is 0 Å². The fourth-order valence-electron chi connectivity index (χ4n) is 3.66. The van der Waals surface area contributed by atoms with Crippen LogP contribution in [0.3, 0.4) is 0 Å². The van der Waals surface area contributed by atoms with Gasteiger partial charge in [-0.1, -0.05) is 20.8 Å². The number of carbonyl (C=O) groups is 1. The largest absolute Gasteiger partial charge is 0.450 e.